The van der Waals surface area contributed by atoms with E-state index in [1.807, 2.05) is 18.2 Å². The van der Waals surface area contributed by atoms with E-state index in [0.29, 0.717) is 29.7 Å². The summed E-state index contributed by atoms with van der Waals surface area (Å²) in [5, 5.41) is 3.56. The van der Waals surface area contributed by atoms with Crippen LogP contribution in [0, 0.1) is 0 Å². The summed E-state index contributed by atoms with van der Waals surface area (Å²) < 4.78 is 16.5. The van der Waals surface area contributed by atoms with Gasteiger partial charge >= 0.3 is 0 Å². The maximum absolute atomic E-state index is 12.3. The summed E-state index contributed by atoms with van der Waals surface area (Å²) in [6.45, 7) is 5.22. The number of carbonyl (C=O) groups is 1. The van der Waals surface area contributed by atoms with Crippen LogP contribution in [0.2, 0.25) is 5.02 Å². The van der Waals surface area contributed by atoms with Crippen LogP contribution in [0.1, 0.15) is 29.2 Å². The predicted octanol–water partition coefficient (Wildman–Crippen LogP) is 2.57. The van der Waals surface area contributed by atoms with Crippen LogP contribution >= 0.6 is 11.6 Å². The van der Waals surface area contributed by atoms with Gasteiger partial charge in [-0.2, -0.15) is 0 Å². The van der Waals surface area contributed by atoms with Crippen LogP contribution in [0.5, 0.6) is 5.75 Å². The molecule has 4 rings (SSSR count). The number of hydrogen-bond donors (Lipinski definition) is 1. The normalized spacial score (nSPS) is 19.8. The highest BCUT2D eigenvalue weighted by atomic mass is 35.5. The number of benzene rings is 1. The van der Waals surface area contributed by atoms with E-state index in [4.69, 9.17) is 25.5 Å². The van der Waals surface area contributed by atoms with Gasteiger partial charge in [-0.3, -0.25) is 9.69 Å². The number of piperazine rings is 1. The van der Waals surface area contributed by atoms with Gasteiger partial charge in [-0.05, 0) is 31.0 Å². The molecule has 1 atom stereocenters. The highest BCUT2D eigenvalue weighted by Gasteiger charge is 2.22. The average Bonchev–Trinajstić information content (AvgIpc) is 3.45. The number of aromatic nitrogens is 1. The lowest BCUT2D eigenvalue weighted by atomic mass is 10.2. The molecule has 1 aromatic heterocycles. The smallest absolute Gasteiger partial charge is 0.273 e. The number of nitrogens with one attached hydrogen (secondary N) is 1. The van der Waals surface area contributed by atoms with Crippen molar-refractivity contribution in [3.05, 3.63) is 41.1 Å². The molecule has 0 unspecified atom stereocenters. The Bertz CT molecular complexity index is 860. The highest BCUT2D eigenvalue weighted by molar-refractivity contribution is 6.30. The Morgan fingerprint density at radius 1 is 1.33 bits per heavy atom. The number of amides is 1. The molecule has 0 radical (unpaired) electrons. The van der Waals surface area contributed by atoms with Crippen LogP contribution in [0.4, 0.5) is 5.69 Å². The summed E-state index contributed by atoms with van der Waals surface area (Å²) in [5.74, 6) is 1.14. The average molecular weight is 435 g/mol. The van der Waals surface area contributed by atoms with E-state index in [1.54, 1.807) is 7.11 Å². The fourth-order valence-corrected chi connectivity index (χ4v) is 4.00. The monoisotopic (exact) mass is 434 g/mol. The molecule has 2 aliphatic heterocycles. The maximum Gasteiger partial charge on any atom is 0.273 e. The Labute approximate surface area is 181 Å². The lowest BCUT2D eigenvalue weighted by Crippen LogP contribution is -2.46. The molecule has 2 fully saturated rings. The summed E-state index contributed by atoms with van der Waals surface area (Å²) in [5.41, 5.74) is 1.32. The molecule has 0 spiro atoms. The van der Waals surface area contributed by atoms with E-state index >= 15 is 0 Å². The van der Waals surface area contributed by atoms with Crippen LogP contribution in [-0.2, 0) is 11.3 Å². The molecular weight excluding hydrogens is 408 g/mol. The number of ether oxygens (including phenoxy) is 2. The summed E-state index contributed by atoms with van der Waals surface area (Å²) in [4.78, 5) is 21.1. The first-order chi connectivity index (χ1) is 14.6. The van der Waals surface area contributed by atoms with Crippen molar-refractivity contribution in [2.45, 2.75) is 25.5 Å². The Morgan fingerprint density at radius 3 is 2.90 bits per heavy atom. The van der Waals surface area contributed by atoms with E-state index in [-0.39, 0.29) is 12.0 Å². The fraction of sp³-hybridized carbons (Fsp3) is 0.524. The van der Waals surface area contributed by atoms with Gasteiger partial charge in [0.15, 0.2) is 5.69 Å². The van der Waals surface area contributed by atoms with Crippen molar-refractivity contribution >= 4 is 23.2 Å². The summed E-state index contributed by atoms with van der Waals surface area (Å²) in [7, 11) is 1.67. The van der Waals surface area contributed by atoms with Crippen molar-refractivity contribution in [2.24, 2.45) is 0 Å². The Kier molecular flexibility index (Phi) is 6.76. The molecular formula is C21H27ClN4O4. The predicted molar refractivity (Wildman–Crippen MR) is 113 cm³/mol. The van der Waals surface area contributed by atoms with Crippen molar-refractivity contribution in [3.8, 4) is 5.75 Å². The Balaban J connectivity index is 1.27. The number of anilines is 1. The van der Waals surface area contributed by atoms with Crippen molar-refractivity contribution < 1.29 is 18.7 Å². The third-order valence-electron chi connectivity index (χ3n) is 5.51. The number of oxazole rings is 1. The van der Waals surface area contributed by atoms with Gasteiger partial charge in [0.1, 0.15) is 12.0 Å². The first-order valence-electron chi connectivity index (χ1n) is 10.3. The Morgan fingerprint density at radius 2 is 2.17 bits per heavy atom. The van der Waals surface area contributed by atoms with Crippen molar-refractivity contribution in [3.63, 3.8) is 0 Å². The molecule has 162 valence electrons. The molecule has 0 bridgehead atoms. The van der Waals surface area contributed by atoms with Gasteiger partial charge in [-0.1, -0.05) is 11.6 Å². The second-order valence-corrected chi connectivity index (χ2v) is 7.99. The summed E-state index contributed by atoms with van der Waals surface area (Å²) in [6.07, 6.45) is 3.56. The SMILES string of the molecule is COc1ccc(Cl)cc1N1CCN(Cc2nc(C(=O)NC[C@@H]3CCCO3)co2)CC1. The van der Waals surface area contributed by atoms with Gasteiger partial charge in [-0.15, -0.1) is 0 Å². The van der Waals surface area contributed by atoms with Crippen molar-refractivity contribution in [1.82, 2.24) is 15.2 Å². The second-order valence-electron chi connectivity index (χ2n) is 7.55. The standard InChI is InChI=1S/C21H27ClN4O4/c1-28-19-5-4-15(22)11-18(19)26-8-6-25(7-9-26)13-20-24-17(14-30-20)21(27)23-12-16-3-2-10-29-16/h4-5,11,14,16H,2-3,6-10,12-13H2,1H3,(H,23,27)/t16-/m0/s1. The topological polar surface area (TPSA) is 80.1 Å². The van der Waals surface area contributed by atoms with Gasteiger partial charge in [0.25, 0.3) is 5.91 Å². The number of halogens is 1. The number of hydrogen-bond acceptors (Lipinski definition) is 7. The van der Waals surface area contributed by atoms with Crippen LogP contribution < -0.4 is 15.0 Å². The quantitative estimate of drug-likeness (QED) is 0.717. The molecule has 30 heavy (non-hydrogen) atoms. The molecule has 3 heterocycles. The number of rotatable bonds is 7. The van der Waals surface area contributed by atoms with Crippen LogP contribution in [-0.4, -0.2) is 68.3 Å². The van der Waals surface area contributed by atoms with E-state index < -0.39 is 0 Å². The van der Waals surface area contributed by atoms with Crippen LogP contribution in [0.15, 0.2) is 28.9 Å². The summed E-state index contributed by atoms with van der Waals surface area (Å²) in [6, 6.07) is 5.66. The molecule has 8 nitrogen and oxygen atoms in total. The third kappa shape index (κ3) is 5.06. The molecule has 0 aliphatic carbocycles. The van der Waals surface area contributed by atoms with Crippen LogP contribution in [0.25, 0.3) is 0 Å². The van der Waals surface area contributed by atoms with Gasteiger partial charge in [0, 0.05) is 44.4 Å². The molecule has 9 heteroatoms. The first kappa shape index (κ1) is 21.0. The zero-order valence-corrected chi connectivity index (χ0v) is 17.9. The molecule has 2 aliphatic rings. The zero-order valence-electron chi connectivity index (χ0n) is 17.1. The number of nitrogens with zero attached hydrogens (tertiary/aromatic N) is 3. The highest BCUT2D eigenvalue weighted by Crippen LogP contribution is 2.32. The minimum absolute atomic E-state index is 0.106. The zero-order chi connectivity index (χ0) is 20.9. The lowest BCUT2D eigenvalue weighted by Gasteiger charge is -2.36. The number of carbonyl (C=O) groups excluding carboxylic acids is 1. The lowest BCUT2D eigenvalue weighted by molar-refractivity contribution is 0.0853. The number of methoxy groups -OCH3 is 1. The minimum Gasteiger partial charge on any atom is -0.495 e. The van der Waals surface area contributed by atoms with Crippen LogP contribution in [0.3, 0.4) is 0 Å². The summed E-state index contributed by atoms with van der Waals surface area (Å²) >= 11 is 6.16. The van der Waals surface area contributed by atoms with Gasteiger partial charge < -0.3 is 24.1 Å². The largest absolute Gasteiger partial charge is 0.495 e. The molecule has 1 N–H and O–H groups in total. The van der Waals surface area contributed by atoms with Gasteiger partial charge in [-0.25, -0.2) is 4.98 Å². The molecule has 1 aromatic carbocycles. The van der Waals surface area contributed by atoms with E-state index in [0.717, 1.165) is 57.1 Å². The van der Waals surface area contributed by atoms with Crippen molar-refractivity contribution in [2.75, 3.05) is 51.3 Å². The van der Waals surface area contributed by atoms with E-state index in [2.05, 4.69) is 20.1 Å². The molecule has 2 aromatic rings. The van der Waals surface area contributed by atoms with Crippen molar-refractivity contribution in [1.29, 1.82) is 0 Å². The van der Waals surface area contributed by atoms with Gasteiger partial charge in [0.2, 0.25) is 5.89 Å². The Hall–Kier alpha value is -2.29. The maximum atomic E-state index is 12.3. The second kappa shape index (κ2) is 9.68. The third-order valence-corrected chi connectivity index (χ3v) is 5.75. The fourth-order valence-electron chi connectivity index (χ4n) is 3.84. The van der Waals surface area contributed by atoms with Gasteiger partial charge in [0.05, 0.1) is 25.4 Å². The first-order valence-corrected chi connectivity index (χ1v) is 10.6. The molecule has 2 saturated heterocycles. The van der Waals surface area contributed by atoms with E-state index in [9.17, 15) is 4.79 Å². The van der Waals surface area contributed by atoms with E-state index in [1.165, 1.54) is 6.26 Å². The molecule has 0 saturated carbocycles. The molecule has 1 amide bonds. The minimum atomic E-state index is -0.224.